The molecule has 0 radical (unpaired) electrons. The summed E-state index contributed by atoms with van der Waals surface area (Å²) < 4.78 is 1.95. The third-order valence-electron chi connectivity index (χ3n) is 3.86. The van der Waals surface area contributed by atoms with E-state index in [0.717, 1.165) is 12.5 Å². The Labute approximate surface area is 102 Å². The number of rotatable bonds is 1. The summed E-state index contributed by atoms with van der Waals surface area (Å²) in [5, 5.41) is 9.30. The molecule has 0 aliphatic carbocycles. The van der Waals surface area contributed by atoms with Gasteiger partial charge in [0.1, 0.15) is 0 Å². The highest BCUT2D eigenvalue weighted by Gasteiger charge is 2.20. The number of aromatic nitrogens is 2. The van der Waals surface area contributed by atoms with E-state index < -0.39 is 0 Å². The van der Waals surface area contributed by atoms with E-state index in [9.17, 15) is 0 Å². The molecule has 2 aromatic rings. The number of benzene rings is 1. The van der Waals surface area contributed by atoms with E-state index in [2.05, 4.69) is 35.5 Å². The van der Waals surface area contributed by atoms with Gasteiger partial charge in [-0.2, -0.15) is 5.10 Å². The number of fused-ring (bicyclic) bond motifs is 1. The van der Waals surface area contributed by atoms with E-state index in [1.54, 1.807) is 0 Å². The van der Waals surface area contributed by atoms with Gasteiger partial charge in [-0.3, -0.25) is 4.68 Å². The van der Waals surface area contributed by atoms with Gasteiger partial charge in [0.15, 0.2) is 0 Å². The van der Waals surface area contributed by atoms with Gasteiger partial charge in [-0.05, 0) is 36.9 Å². The fourth-order valence-corrected chi connectivity index (χ4v) is 2.77. The van der Waals surface area contributed by atoms with Crippen molar-refractivity contribution in [3.05, 3.63) is 30.0 Å². The van der Waals surface area contributed by atoms with Gasteiger partial charge < -0.3 is 5.32 Å². The van der Waals surface area contributed by atoms with E-state index in [1.807, 2.05) is 17.9 Å². The first kappa shape index (κ1) is 10.8. The Hall–Kier alpha value is -1.35. The summed E-state index contributed by atoms with van der Waals surface area (Å²) in [6.07, 6.45) is 4.54. The lowest BCUT2D eigenvalue weighted by atomic mass is 9.91. The summed E-state index contributed by atoms with van der Waals surface area (Å²) in [7, 11) is 2.00. The highest BCUT2D eigenvalue weighted by atomic mass is 15.2. The van der Waals surface area contributed by atoms with Gasteiger partial charge in [0.2, 0.25) is 0 Å². The normalized spacial score (nSPS) is 25.3. The molecule has 1 aromatic heterocycles. The summed E-state index contributed by atoms with van der Waals surface area (Å²) >= 11 is 0. The van der Waals surface area contributed by atoms with Crippen molar-refractivity contribution in [3.63, 3.8) is 0 Å². The predicted molar refractivity (Wildman–Crippen MR) is 69.9 cm³/mol. The minimum absolute atomic E-state index is 0.499. The zero-order valence-corrected chi connectivity index (χ0v) is 10.5. The summed E-state index contributed by atoms with van der Waals surface area (Å²) in [4.78, 5) is 0. The van der Waals surface area contributed by atoms with Gasteiger partial charge in [-0.1, -0.05) is 19.1 Å². The van der Waals surface area contributed by atoms with Crippen molar-refractivity contribution in [2.45, 2.75) is 25.8 Å². The Kier molecular flexibility index (Phi) is 2.63. The molecule has 2 atom stereocenters. The standard InChI is InChI=1S/C14H19N3/c1-10-6-7-13(15-8-10)11-4-3-5-14-12(11)9-16-17(14)2/h3-5,9-10,13,15H,6-8H2,1-2H3/t10-,13+/m0/s1. The molecular formula is C14H19N3. The molecule has 1 aliphatic rings. The maximum atomic E-state index is 4.36. The topological polar surface area (TPSA) is 29.9 Å². The van der Waals surface area contributed by atoms with Crippen molar-refractivity contribution < 1.29 is 0 Å². The van der Waals surface area contributed by atoms with Crippen LogP contribution < -0.4 is 5.32 Å². The molecule has 0 bridgehead atoms. The second kappa shape index (κ2) is 4.15. The SMILES string of the molecule is C[C@H]1CC[C@H](c2cccc3c2cnn3C)NC1. The minimum Gasteiger partial charge on any atom is -0.310 e. The van der Waals surface area contributed by atoms with Gasteiger partial charge in [0.05, 0.1) is 11.7 Å². The zero-order valence-electron chi connectivity index (χ0n) is 10.5. The molecule has 0 saturated carbocycles. The van der Waals surface area contributed by atoms with Crippen molar-refractivity contribution in [2.75, 3.05) is 6.54 Å². The highest BCUT2D eigenvalue weighted by molar-refractivity contribution is 5.82. The van der Waals surface area contributed by atoms with E-state index in [0.29, 0.717) is 6.04 Å². The van der Waals surface area contributed by atoms with Crippen LogP contribution in [0.5, 0.6) is 0 Å². The van der Waals surface area contributed by atoms with Crippen molar-refractivity contribution in [3.8, 4) is 0 Å². The number of nitrogens with zero attached hydrogens (tertiary/aromatic N) is 2. The molecule has 0 unspecified atom stereocenters. The first-order valence-corrected chi connectivity index (χ1v) is 6.39. The second-order valence-electron chi connectivity index (χ2n) is 5.19. The van der Waals surface area contributed by atoms with Crippen LogP contribution in [0, 0.1) is 5.92 Å². The monoisotopic (exact) mass is 229 g/mol. The molecular weight excluding hydrogens is 210 g/mol. The van der Waals surface area contributed by atoms with Gasteiger partial charge in [0.25, 0.3) is 0 Å². The molecule has 1 fully saturated rings. The van der Waals surface area contributed by atoms with Gasteiger partial charge in [-0.15, -0.1) is 0 Å². The predicted octanol–water partition coefficient (Wildman–Crippen LogP) is 2.63. The maximum absolute atomic E-state index is 4.36. The fraction of sp³-hybridized carbons (Fsp3) is 0.500. The summed E-state index contributed by atoms with van der Waals surface area (Å²) in [5.41, 5.74) is 2.63. The maximum Gasteiger partial charge on any atom is 0.0682 e. The second-order valence-corrected chi connectivity index (χ2v) is 5.19. The number of hydrogen-bond donors (Lipinski definition) is 1. The van der Waals surface area contributed by atoms with Gasteiger partial charge in [0, 0.05) is 18.5 Å². The average molecular weight is 229 g/mol. The highest BCUT2D eigenvalue weighted by Crippen LogP contribution is 2.30. The lowest BCUT2D eigenvalue weighted by Gasteiger charge is -2.28. The van der Waals surface area contributed by atoms with Crippen LogP contribution in [0.15, 0.2) is 24.4 Å². The van der Waals surface area contributed by atoms with Crippen molar-refractivity contribution in [2.24, 2.45) is 13.0 Å². The van der Waals surface area contributed by atoms with E-state index >= 15 is 0 Å². The third-order valence-corrected chi connectivity index (χ3v) is 3.86. The van der Waals surface area contributed by atoms with Crippen LogP contribution in [0.4, 0.5) is 0 Å². The molecule has 3 heteroatoms. The van der Waals surface area contributed by atoms with Crippen molar-refractivity contribution >= 4 is 10.9 Å². The van der Waals surface area contributed by atoms with E-state index in [1.165, 1.54) is 29.3 Å². The van der Waals surface area contributed by atoms with Crippen LogP contribution in [-0.4, -0.2) is 16.3 Å². The molecule has 17 heavy (non-hydrogen) atoms. The molecule has 1 aromatic carbocycles. The summed E-state index contributed by atoms with van der Waals surface area (Å²) in [6.45, 7) is 3.44. The quantitative estimate of drug-likeness (QED) is 0.814. The molecule has 3 rings (SSSR count). The summed E-state index contributed by atoms with van der Waals surface area (Å²) in [5.74, 6) is 0.805. The van der Waals surface area contributed by atoms with Crippen molar-refractivity contribution in [1.82, 2.24) is 15.1 Å². The molecule has 90 valence electrons. The Morgan fingerprint density at radius 1 is 1.35 bits per heavy atom. The number of aryl methyl sites for hydroxylation is 1. The number of hydrogen-bond acceptors (Lipinski definition) is 2. The molecule has 1 aliphatic heterocycles. The third kappa shape index (κ3) is 1.84. The fourth-order valence-electron chi connectivity index (χ4n) is 2.77. The van der Waals surface area contributed by atoms with Crippen LogP contribution in [0.3, 0.4) is 0 Å². The molecule has 1 N–H and O–H groups in total. The first-order chi connectivity index (χ1) is 8.25. The van der Waals surface area contributed by atoms with Crippen LogP contribution in [0.2, 0.25) is 0 Å². The molecule has 0 amide bonds. The largest absolute Gasteiger partial charge is 0.310 e. The zero-order chi connectivity index (χ0) is 11.8. The molecule has 3 nitrogen and oxygen atoms in total. The lowest BCUT2D eigenvalue weighted by molar-refractivity contribution is 0.334. The van der Waals surface area contributed by atoms with Crippen LogP contribution in [0.25, 0.3) is 10.9 Å². The summed E-state index contributed by atoms with van der Waals surface area (Å²) in [6, 6.07) is 7.01. The Balaban J connectivity index is 2.00. The van der Waals surface area contributed by atoms with Crippen molar-refractivity contribution in [1.29, 1.82) is 0 Å². The first-order valence-electron chi connectivity index (χ1n) is 6.39. The Morgan fingerprint density at radius 2 is 2.24 bits per heavy atom. The minimum atomic E-state index is 0.499. The van der Waals surface area contributed by atoms with E-state index in [4.69, 9.17) is 0 Å². The van der Waals surface area contributed by atoms with Crippen LogP contribution >= 0.6 is 0 Å². The molecule has 2 heterocycles. The van der Waals surface area contributed by atoms with Crippen LogP contribution in [0.1, 0.15) is 31.4 Å². The molecule has 1 saturated heterocycles. The average Bonchev–Trinajstić information content (AvgIpc) is 2.73. The number of piperidine rings is 1. The lowest BCUT2D eigenvalue weighted by Crippen LogP contribution is -2.31. The van der Waals surface area contributed by atoms with Gasteiger partial charge >= 0.3 is 0 Å². The number of nitrogens with one attached hydrogen (secondary N) is 1. The molecule has 0 spiro atoms. The van der Waals surface area contributed by atoms with Crippen LogP contribution in [-0.2, 0) is 7.05 Å². The smallest absolute Gasteiger partial charge is 0.0682 e. The Morgan fingerprint density at radius 3 is 3.00 bits per heavy atom. The Bertz CT molecular complexity index is 521. The van der Waals surface area contributed by atoms with Gasteiger partial charge in [-0.25, -0.2) is 0 Å². The van der Waals surface area contributed by atoms with E-state index in [-0.39, 0.29) is 0 Å².